The zero-order valence-electron chi connectivity index (χ0n) is 11.6. The minimum Gasteiger partial charge on any atom is -0.399 e. The number of benzene rings is 1. The van der Waals surface area contributed by atoms with E-state index in [1.54, 1.807) is 0 Å². The molecule has 0 radical (unpaired) electrons. The van der Waals surface area contributed by atoms with Gasteiger partial charge in [0.2, 0.25) is 0 Å². The van der Waals surface area contributed by atoms with E-state index < -0.39 is 0 Å². The summed E-state index contributed by atoms with van der Waals surface area (Å²) in [5, 5.41) is 0. The lowest BCUT2D eigenvalue weighted by molar-refractivity contribution is -0.0844. The predicted octanol–water partition coefficient (Wildman–Crippen LogP) is 3.88. The molecule has 0 aliphatic carbocycles. The van der Waals surface area contributed by atoms with E-state index in [0.29, 0.717) is 5.41 Å². The summed E-state index contributed by atoms with van der Waals surface area (Å²) in [7, 11) is 0. The maximum Gasteiger partial charge on any atom is 0.0838 e. The van der Waals surface area contributed by atoms with Gasteiger partial charge in [-0.1, -0.05) is 38.1 Å². The Morgan fingerprint density at radius 3 is 2.33 bits per heavy atom. The van der Waals surface area contributed by atoms with Gasteiger partial charge < -0.3 is 10.5 Å². The van der Waals surface area contributed by atoms with E-state index in [0.717, 1.165) is 18.7 Å². The van der Waals surface area contributed by atoms with Gasteiger partial charge in [0.05, 0.1) is 12.2 Å². The molecule has 2 nitrogen and oxygen atoms in total. The summed E-state index contributed by atoms with van der Waals surface area (Å²) in [6.07, 6.45) is 6.58. The van der Waals surface area contributed by atoms with Crippen LogP contribution in [0.5, 0.6) is 0 Å². The van der Waals surface area contributed by atoms with Crippen LogP contribution >= 0.6 is 0 Å². The van der Waals surface area contributed by atoms with Crippen molar-refractivity contribution in [1.29, 1.82) is 0 Å². The van der Waals surface area contributed by atoms with Gasteiger partial charge in [-0.05, 0) is 42.9 Å². The lowest BCUT2D eigenvalue weighted by Gasteiger charge is -2.40. The first-order valence-corrected chi connectivity index (χ1v) is 6.57. The molecule has 98 valence electrons. The maximum absolute atomic E-state index is 6.01. The third kappa shape index (κ3) is 3.36. The van der Waals surface area contributed by atoms with Crippen molar-refractivity contribution in [2.45, 2.75) is 39.2 Å². The van der Waals surface area contributed by atoms with Crippen molar-refractivity contribution in [3.8, 4) is 0 Å². The van der Waals surface area contributed by atoms with E-state index >= 15 is 0 Å². The number of rotatable bonds is 2. The maximum atomic E-state index is 6.01. The highest BCUT2D eigenvalue weighted by Crippen LogP contribution is 2.36. The van der Waals surface area contributed by atoms with E-state index in [-0.39, 0.29) is 5.60 Å². The third-order valence-electron chi connectivity index (χ3n) is 3.66. The van der Waals surface area contributed by atoms with E-state index in [4.69, 9.17) is 10.5 Å². The molecule has 0 aromatic heterocycles. The minimum atomic E-state index is -0.128. The molecule has 0 bridgehead atoms. The molecular weight excluding hydrogens is 222 g/mol. The number of nitrogens with two attached hydrogens (primary N) is 1. The molecule has 1 aliphatic rings. The Kier molecular flexibility index (Phi) is 3.49. The molecule has 1 unspecified atom stereocenters. The van der Waals surface area contributed by atoms with E-state index in [2.05, 4.69) is 32.9 Å². The number of ether oxygens (including phenoxy) is 1. The van der Waals surface area contributed by atoms with Crippen molar-refractivity contribution >= 4 is 11.8 Å². The molecule has 1 aromatic carbocycles. The van der Waals surface area contributed by atoms with Gasteiger partial charge in [-0.15, -0.1) is 0 Å². The normalized spacial score (nSPS) is 27.5. The highest BCUT2D eigenvalue weighted by atomic mass is 16.5. The van der Waals surface area contributed by atoms with Crippen LogP contribution < -0.4 is 5.73 Å². The predicted molar refractivity (Wildman–Crippen MR) is 77.3 cm³/mol. The number of nitrogen functional groups attached to an aromatic ring is 1. The van der Waals surface area contributed by atoms with Gasteiger partial charge in [-0.2, -0.15) is 0 Å². The first kappa shape index (κ1) is 13.2. The zero-order valence-corrected chi connectivity index (χ0v) is 11.6. The molecule has 2 rings (SSSR count). The molecule has 1 aliphatic heterocycles. The molecule has 1 fully saturated rings. The van der Waals surface area contributed by atoms with Crippen molar-refractivity contribution in [1.82, 2.24) is 0 Å². The van der Waals surface area contributed by atoms with Crippen molar-refractivity contribution in [2.75, 3.05) is 12.3 Å². The molecular formula is C16H23NO. The second-order valence-electron chi connectivity index (χ2n) is 6.27. The lowest BCUT2D eigenvalue weighted by Crippen LogP contribution is -2.38. The van der Waals surface area contributed by atoms with Crippen LogP contribution in [0.4, 0.5) is 5.69 Å². The van der Waals surface area contributed by atoms with E-state index in [1.165, 1.54) is 12.0 Å². The van der Waals surface area contributed by atoms with Gasteiger partial charge in [0.1, 0.15) is 0 Å². The summed E-state index contributed by atoms with van der Waals surface area (Å²) in [6, 6.07) is 7.91. The van der Waals surface area contributed by atoms with Gasteiger partial charge in [-0.3, -0.25) is 0 Å². The summed E-state index contributed by atoms with van der Waals surface area (Å²) < 4.78 is 6.01. The van der Waals surface area contributed by atoms with E-state index in [1.807, 2.05) is 24.3 Å². The van der Waals surface area contributed by atoms with Crippen molar-refractivity contribution < 1.29 is 4.74 Å². The molecule has 1 saturated heterocycles. The summed E-state index contributed by atoms with van der Waals surface area (Å²) in [5.74, 6) is 0. The van der Waals surface area contributed by atoms with Crippen LogP contribution in [-0.4, -0.2) is 12.2 Å². The van der Waals surface area contributed by atoms with Gasteiger partial charge in [-0.25, -0.2) is 0 Å². The fourth-order valence-electron chi connectivity index (χ4n) is 2.10. The zero-order chi connectivity index (χ0) is 13.2. The summed E-state index contributed by atoms with van der Waals surface area (Å²) in [5.41, 5.74) is 7.82. The summed E-state index contributed by atoms with van der Waals surface area (Å²) in [6.45, 7) is 7.51. The van der Waals surface area contributed by atoms with Crippen molar-refractivity contribution in [3.63, 3.8) is 0 Å². The van der Waals surface area contributed by atoms with E-state index in [9.17, 15) is 0 Å². The van der Waals surface area contributed by atoms with Gasteiger partial charge in [0, 0.05) is 5.69 Å². The molecule has 1 aromatic rings. The highest BCUT2D eigenvalue weighted by molar-refractivity contribution is 5.54. The molecule has 18 heavy (non-hydrogen) atoms. The second-order valence-corrected chi connectivity index (χ2v) is 6.27. The molecule has 2 heteroatoms. The van der Waals surface area contributed by atoms with Crippen LogP contribution in [0.3, 0.4) is 0 Å². The van der Waals surface area contributed by atoms with Crippen LogP contribution in [0, 0.1) is 5.41 Å². The van der Waals surface area contributed by atoms with Crippen LogP contribution in [0.1, 0.15) is 39.2 Å². The fourth-order valence-corrected chi connectivity index (χ4v) is 2.10. The minimum absolute atomic E-state index is 0.128. The Morgan fingerprint density at radius 2 is 1.78 bits per heavy atom. The van der Waals surface area contributed by atoms with Gasteiger partial charge >= 0.3 is 0 Å². The van der Waals surface area contributed by atoms with Crippen LogP contribution in [0.15, 0.2) is 30.3 Å². The number of hydrogen-bond acceptors (Lipinski definition) is 2. The van der Waals surface area contributed by atoms with Crippen molar-refractivity contribution in [3.05, 3.63) is 35.9 Å². The van der Waals surface area contributed by atoms with Crippen LogP contribution in [-0.2, 0) is 4.74 Å². The Balaban J connectivity index is 2.02. The Morgan fingerprint density at radius 1 is 1.11 bits per heavy atom. The standard InChI is InChI=1S/C16H23NO/c1-15(2)10-11-16(3,18-12-15)9-8-13-4-6-14(17)7-5-13/h4-9H,10-12,17H2,1-3H3/b9-8+. The third-order valence-corrected chi connectivity index (χ3v) is 3.66. The molecule has 1 heterocycles. The molecule has 0 spiro atoms. The molecule has 0 amide bonds. The monoisotopic (exact) mass is 245 g/mol. The molecule has 1 atom stereocenters. The average molecular weight is 245 g/mol. The quantitative estimate of drug-likeness (QED) is 0.803. The average Bonchev–Trinajstić information content (AvgIpc) is 2.33. The first-order chi connectivity index (χ1) is 8.39. The molecule has 0 saturated carbocycles. The summed E-state index contributed by atoms with van der Waals surface area (Å²) >= 11 is 0. The number of hydrogen-bond donors (Lipinski definition) is 1. The van der Waals surface area contributed by atoms with Gasteiger partial charge in [0.15, 0.2) is 0 Å². The largest absolute Gasteiger partial charge is 0.399 e. The summed E-state index contributed by atoms with van der Waals surface area (Å²) in [4.78, 5) is 0. The highest BCUT2D eigenvalue weighted by Gasteiger charge is 2.33. The Bertz CT molecular complexity index is 421. The van der Waals surface area contributed by atoms with Crippen LogP contribution in [0.25, 0.3) is 6.08 Å². The molecule has 2 N–H and O–H groups in total. The topological polar surface area (TPSA) is 35.2 Å². The SMILES string of the molecule is CC1(C)CCC(C)(/C=C/c2ccc(N)cc2)OC1. The van der Waals surface area contributed by atoms with Crippen molar-refractivity contribution in [2.24, 2.45) is 5.41 Å². The lowest BCUT2D eigenvalue weighted by atomic mass is 9.81. The fraction of sp³-hybridized carbons (Fsp3) is 0.500. The van der Waals surface area contributed by atoms with Gasteiger partial charge in [0.25, 0.3) is 0 Å². The Hall–Kier alpha value is -1.28. The second kappa shape index (κ2) is 4.77. The smallest absolute Gasteiger partial charge is 0.0838 e. The van der Waals surface area contributed by atoms with Crippen LogP contribution in [0.2, 0.25) is 0 Å². The Labute approximate surface area is 110 Å². The number of anilines is 1. The first-order valence-electron chi connectivity index (χ1n) is 6.57.